The first-order valence-corrected chi connectivity index (χ1v) is 10.2. The van der Waals surface area contributed by atoms with Crippen molar-refractivity contribution in [2.75, 3.05) is 13.2 Å². The van der Waals surface area contributed by atoms with Crippen LogP contribution in [0.25, 0.3) is 22.3 Å². The molecule has 1 amide bonds. The first-order chi connectivity index (χ1) is 13.9. The maximum absolute atomic E-state index is 13.6. The minimum atomic E-state index is 0.0122. The number of aryl methyl sites for hydroxylation is 1. The van der Waals surface area contributed by atoms with Gasteiger partial charge < -0.3 is 9.64 Å². The monoisotopic (exact) mass is 392 g/mol. The van der Waals surface area contributed by atoms with E-state index in [1.54, 1.807) is 6.20 Å². The summed E-state index contributed by atoms with van der Waals surface area (Å²) in [6.07, 6.45) is 1.80. The predicted molar refractivity (Wildman–Crippen MR) is 114 cm³/mol. The predicted octanol–water partition coefficient (Wildman–Crippen LogP) is 4.24. The maximum Gasteiger partial charge on any atom is 0.255 e. The van der Waals surface area contributed by atoms with Gasteiger partial charge in [0.15, 0.2) is 5.65 Å². The Morgan fingerprint density at radius 1 is 1.24 bits per heavy atom. The van der Waals surface area contributed by atoms with Crippen LogP contribution in [0.4, 0.5) is 0 Å². The number of carbonyl (C=O) groups is 1. The lowest BCUT2D eigenvalue weighted by molar-refractivity contribution is -0.0386. The van der Waals surface area contributed by atoms with Crippen LogP contribution >= 0.6 is 0 Å². The Morgan fingerprint density at radius 3 is 2.72 bits per heavy atom. The zero-order chi connectivity index (χ0) is 20.7. The zero-order valence-corrected chi connectivity index (χ0v) is 17.7. The van der Waals surface area contributed by atoms with Gasteiger partial charge in [0, 0.05) is 18.2 Å². The van der Waals surface area contributed by atoms with Gasteiger partial charge in [-0.15, -0.1) is 0 Å². The van der Waals surface area contributed by atoms with Gasteiger partial charge in [-0.3, -0.25) is 4.79 Å². The van der Waals surface area contributed by atoms with E-state index in [0.29, 0.717) is 18.7 Å². The van der Waals surface area contributed by atoms with E-state index in [4.69, 9.17) is 9.72 Å². The summed E-state index contributed by atoms with van der Waals surface area (Å²) in [4.78, 5) is 20.5. The first-order valence-electron chi connectivity index (χ1n) is 10.2. The number of carbonyl (C=O) groups excluding carboxylic acids is 1. The third-order valence-electron chi connectivity index (χ3n) is 5.58. The Bertz CT molecular complexity index is 1060. The Morgan fingerprint density at radius 2 is 2.00 bits per heavy atom. The second-order valence-electron chi connectivity index (χ2n) is 8.24. The SMILES string of the molecule is Cc1ccccc1-c1cc(C(=O)N2CC(C)OCC2C)c2cnn(C(C)C)c2n1. The molecule has 152 valence electrons. The van der Waals surface area contributed by atoms with Gasteiger partial charge in [0.25, 0.3) is 5.91 Å². The third-order valence-corrected chi connectivity index (χ3v) is 5.58. The number of hydrogen-bond donors (Lipinski definition) is 0. The van der Waals surface area contributed by atoms with E-state index in [-0.39, 0.29) is 24.1 Å². The highest BCUT2D eigenvalue weighted by molar-refractivity contribution is 6.06. The van der Waals surface area contributed by atoms with E-state index in [2.05, 4.69) is 31.9 Å². The molecular formula is C23H28N4O2. The van der Waals surface area contributed by atoms with Gasteiger partial charge in [-0.25, -0.2) is 9.67 Å². The van der Waals surface area contributed by atoms with Crippen LogP contribution in [-0.2, 0) is 4.74 Å². The Labute approximate surface area is 171 Å². The van der Waals surface area contributed by atoms with Gasteiger partial charge in [0.1, 0.15) is 0 Å². The molecule has 3 heterocycles. The molecule has 0 saturated carbocycles. The minimum absolute atomic E-state index is 0.0122. The second-order valence-corrected chi connectivity index (χ2v) is 8.24. The number of aromatic nitrogens is 3. The molecule has 6 heteroatoms. The number of rotatable bonds is 3. The average Bonchev–Trinajstić information content (AvgIpc) is 3.13. The summed E-state index contributed by atoms with van der Waals surface area (Å²) >= 11 is 0. The summed E-state index contributed by atoms with van der Waals surface area (Å²) in [5.74, 6) is 0.0122. The lowest BCUT2D eigenvalue weighted by atomic mass is 10.0. The summed E-state index contributed by atoms with van der Waals surface area (Å²) in [5, 5.41) is 5.33. The molecule has 1 aliphatic heterocycles. The maximum atomic E-state index is 13.6. The molecule has 4 rings (SSSR count). The molecule has 1 aliphatic rings. The van der Waals surface area contributed by atoms with Crippen LogP contribution in [0, 0.1) is 6.92 Å². The standard InChI is InChI=1S/C23H28N4O2/c1-14(2)27-22-20(11-24-27)19(23(28)26-12-17(5)29-13-16(26)4)10-21(25-22)18-9-7-6-8-15(18)3/h6-11,14,16-17H,12-13H2,1-5H3. The normalized spacial score (nSPS) is 19.9. The number of nitrogens with zero attached hydrogens (tertiary/aromatic N) is 4. The molecule has 29 heavy (non-hydrogen) atoms. The molecule has 1 fully saturated rings. The molecule has 0 radical (unpaired) electrons. The van der Waals surface area contributed by atoms with Crippen LogP contribution in [0.5, 0.6) is 0 Å². The van der Waals surface area contributed by atoms with Gasteiger partial charge in [-0.05, 0) is 46.2 Å². The number of fused-ring (bicyclic) bond motifs is 1. The topological polar surface area (TPSA) is 60.3 Å². The van der Waals surface area contributed by atoms with Crippen LogP contribution in [0.2, 0.25) is 0 Å². The van der Waals surface area contributed by atoms with Crippen LogP contribution in [-0.4, -0.2) is 50.9 Å². The van der Waals surface area contributed by atoms with Crippen LogP contribution in [0.1, 0.15) is 49.7 Å². The largest absolute Gasteiger partial charge is 0.375 e. The number of ether oxygens (including phenoxy) is 1. The fraction of sp³-hybridized carbons (Fsp3) is 0.435. The van der Waals surface area contributed by atoms with E-state index in [1.165, 1.54) is 0 Å². The molecule has 6 nitrogen and oxygen atoms in total. The lowest BCUT2D eigenvalue weighted by Gasteiger charge is -2.37. The Kier molecular flexibility index (Phi) is 5.13. The van der Waals surface area contributed by atoms with Crippen molar-refractivity contribution in [3.63, 3.8) is 0 Å². The summed E-state index contributed by atoms with van der Waals surface area (Å²) in [6.45, 7) is 11.4. The zero-order valence-electron chi connectivity index (χ0n) is 17.7. The van der Waals surface area contributed by atoms with Crippen molar-refractivity contribution < 1.29 is 9.53 Å². The molecule has 3 aromatic rings. The van der Waals surface area contributed by atoms with E-state index in [1.807, 2.05) is 47.7 Å². The average molecular weight is 393 g/mol. The highest BCUT2D eigenvalue weighted by Gasteiger charge is 2.30. The molecule has 0 spiro atoms. The van der Waals surface area contributed by atoms with E-state index < -0.39 is 0 Å². The highest BCUT2D eigenvalue weighted by atomic mass is 16.5. The number of amides is 1. The third kappa shape index (κ3) is 3.53. The second kappa shape index (κ2) is 7.59. The number of hydrogen-bond acceptors (Lipinski definition) is 4. The Hall–Kier alpha value is -2.73. The van der Waals surface area contributed by atoms with Crippen molar-refractivity contribution in [3.8, 4) is 11.3 Å². The van der Waals surface area contributed by atoms with Gasteiger partial charge in [-0.2, -0.15) is 5.10 Å². The van der Waals surface area contributed by atoms with Crippen molar-refractivity contribution in [3.05, 3.63) is 47.7 Å². The quantitative estimate of drug-likeness (QED) is 0.669. The molecule has 2 atom stereocenters. The van der Waals surface area contributed by atoms with Crippen LogP contribution < -0.4 is 0 Å². The van der Waals surface area contributed by atoms with Crippen molar-refractivity contribution in [1.29, 1.82) is 0 Å². The molecular weight excluding hydrogens is 364 g/mol. The highest BCUT2D eigenvalue weighted by Crippen LogP contribution is 2.29. The van der Waals surface area contributed by atoms with Crippen molar-refractivity contribution >= 4 is 16.9 Å². The van der Waals surface area contributed by atoms with E-state index in [0.717, 1.165) is 27.9 Å². The molecule has 0 aliphatic carbocycles. The molecule has 2 aromatic heterocycles. The summed E-state index contributed by atoms with van der Waals surface area (Å²) in [5.41, 5.74) is 4.36. The summed E-state index contributed by atoms with van der Waals surface area (Å²) in [7, 11) is 0. The van der Waals surface area contributed by atoms with Crippen LogP contribution in [0.3, 0.4) is 0 Å². The van der Waals surface area contributed by atoms with E-state index in [9.17, 15) is 4.79 Å². The fourth-order valence-corrected chi connectivity index (χ4v) is 3.91. The van der Waals surface area contributed by atoms with Crippen LogP contribution in [0.15, 0.2) is 36.5 Å². The number of morpholine rings is 1. The van der Waals surface area contributed by atoms with Gasteiger partial charge in [-0.1, -0.05) is 24.3 Å². The lowest BCUT2D eigenvalue weighted by Crippen LogP contribution is -2.50. The van der Waals surface area contributed by atoms with Crippen molar-refractivity contribution in [1.82, 2.24) is 19.7 Å². The minimum Gasteiger partial charge on any atom is -0.375 e. The smallest absolute Gasteiger partial charge is 0.255 e. The van der Waals surface area contributed by atoms with E-state index >= 15 is 0 Å². The number of pyridine rings is 1. The molecule has 1 aromatic carbocycles. The molecule has 0 N–H and O–H groups in total. The Balaban J connectivity index is 1.90. The molecule has 2 unspecified atom stereocenters. The van der Waals surface area contributed by atoms with Crippen molar-refractivity contribution in [2.45, 2.75) is 52.8 Å². The molecule has 1 saturated heterocycles. The van der Waals surface area contributed by atoms with Crippen molar-refractivity contribution in [2.24, 2.45) is 0 Å². The van der Waals surface area contributed by atoms with Gasteiger partial charge in [0.2, 0.25) is 0 Å². The summed E-state index contributed by atoms with van der Waals surface area (Å²) < 4.78 is 7.60. The van der Waals surface area contributed by atoms with Gasteiger partial charge >= 0.3 is 0 Å². The van der Waals surface area contributed by atoms with Gasteiger partial charge in [0.05, 0.1) is 41.6 Å². The number of benzene rings is 1. The first kappa shape index (κ1) is 19.6. The molecule has 0 bridgehead atoms. The fourth-order valence-electron chi connectivity index (χ4n) is 3.91. The summed E-state index contributed by atoms with van der Waals surface area (Å²) in [6, 6.07) is 10.2.